The smallest absolute Gasteiger partial charge is 0.295 e. The molecule has 4 rings (SSSR count). The second-order valence-electron chi connectivity index (χ2n) is 8.44. The number of carbonyl (C=O) groups is 2. The Morgan fingerprint density at radius 2 is 1.62 bits per heavy atom. The molecule has 0 spiro atoms. The first-order valence-corrected chi connectivity index (χ1v) is 12.6. The normalized spacial score (nSPS) is 16.6. The lowest BCUT2D eigenvalue weighted by atomic mass is 9.95. The summed E-state index contributed by atoms with van der Waals surface area (Å²) in [7, 11) is 3.13. The van der Waals surface area contributed by atoms with Gasteiger partial charge in [0.1, 0.15) is 11.5 Å². The number of methoxy groups -OCH3 is 2. The van der Waals surface area contributed by atoms with E-state index in [1.165, 1.54) is 4.90 Å². The second kappa shape index (κ2) is 11.5. The summed E-state index contributed by atoms with van der Waals surface area (Å²) >= 11 is 3.38. The van der Waals surface area contributed by atoms with Crippen molar-refractivity contribution in [3.8, 4) is 17.2 Å². The van der Waals surface area contributed by atoms with Gasteiger partial charge in [0, 0.05) is 16.6 Å². The molecule has 0 aromatic heterocycles. The minimum atomic E-state index is -0.750. The van der Waals surface area contributed by atoms with Crippen molar-refractivity contribution < 1.29 is 28.9 Å². The van der Waals surface area contributed by atoms with Crippen LogP contribution in [0.4, 0.5) is 0 Å². The minimum Gasteiger partial charge on any atom is -0.507 e. The summed E-state index contributed by atoms with van der Waals surface area (Å²) in [6, 6.07) is 19.0. The lowest BCUT2D eigenvalue weighted by Gasteiger charge is -2.25. The van der Waals surface area contributed by atoms with Crippen molar-refractivity contribution in [1.29, 1.82) is 0 Å². The Kier molecular flexibility index (Phi) is 8.18. The van der Waals surface area contributed by atoms with Gasteiger partial charge in [-0.05, 0) is 60.9 Å². The fraction of sp³-hybridized carbons (Fsp3) is 0.241. The zero-order valence-corrected chi connectivity index (χ0v) is 22.4. The van der Waals surface area contributed by atoms with Gasteiger partial charge in [-0.3, -0.25) is 9.59 Å². The number of amides is 1. The van der Waals surface area contributed by atoms with Crippen LogP contribution in [0, 0.1) is 0 Å². The number of carbonyl (C=O) groups excluding carboxylic acids is 2. The van der Waals surface area contributed by atoms with Gasteiger partial charge in [-0.1, -0.05) is 46.3 Å². The minimum absolute atomic E-state index is 0.0591. The molecule has 0 radical (unpaired) electrons. The van der Waals surface area contributed by atoms with Crippen molar-refractivity contribution in [2.24, 2.45) is 0 Å². The van der Waals surface area contributed by atoms with Gasteiger partial charge >= 0.3 is 0 Å². The van der Waals surface area contributed by atoms with Crippen LogP contribution in [0.5, 0.6) is 17.2 Å². The Labute approximate surface area is 224 Å². The molecule has 0 bridgehead atoms. The highest BCUT2D eigenvalue weighted by Crippen LogP contribution is 2.40. The lowest BCUT2D eigenvalue weighted by molar-refractivity contribution is -0.139. The van der Waals surface area contributed by atoms with Crippen LogP contribution < -0.4 is 14.2 Å². The maximum absolute atomic E-state index is 13.3. The Morgan fingerprint density at radius 3 is 2.24 bits per heavy atom. The number of hydrogen-bond acceptors (Lipinski definition) is 6. The van der Waals surface area contributed by atoms with E-state index in [9.17, 15) is 14.7 Å². The van der Waals surface area contributed by atoms with Crippen molar-refractivity contribution in [2.45, 2.75) is 19.4 Å². The molecule has 1 aliphatic heterocycles. The number of halogens is 1. The molecule has 0 aliphatic carbocycles. The number of benzene rings is 3. The topological polar surface area (TPSA) is 85.3 Å². The van der Waals surface area contributed by atoms with E-state index in [0.717, 1.165) is 10.0 Å². The van der Waals surface area contributed by atoms with Crippen molar-refractivity contribution in [3.05, 3.63) is 93.5 Å². The van der Waals surface area contributed by atoms with Crippen molar-refractivity contribution in [2.75, 3.05) is 27.4 Å². The van der Waals surface area contributed by atoms with Crippen LogP contribution in [-0.4, -0.2) is 49.1 Å². The quantitative estimate of drug-likeness (QED) is 0.208. The van der Waals surface area contributed by atoms with Crippen LogP contribution in [0.1, 0.15) is 29.7 Å². The molecular weight excluding hydrogens is 538 g/mol. The summed E-state index contributed by atoms with van der Waals surface area (Å²) in [6.45, 7) is 2.68. The van der Waals surface area contributed by atoms with Gasteiger partial charge in [-0.25, -0.2) is 0 Å². The lowest BCUT2D eigenvalue weighted by Crippen LogP contribution is -2.31. The largest absolute Gasteiger partial charge is 0.507 e. The molecule has 1 heterocycles. The number of ketones is 1. The number of nitrogens with zero attached hydrogens (tertiary/aromatic N) is 1. The predicted molar refractivity (Wildman–Crippen MR) is 144 cm³/mol. The molecule has 1 N–H and O–H groups in total. The molecule has 1 aliphatic rings. The third kappa shape index (κ3) is 5.49. The molecule has 3 aromatic carbocycles. The van der Waals surface area contributed by atoms with Gasteiger partial charge in [0.2, 0.25) is 0 Å². The number of aliphatic hydroxyl groups excluding tert-OH is 1. The van der Waals surface area contributed by atoms with E-state index < -0.39 is 17.7 Å². The monoisotopic (exact) mass is 565 g/mol. The fourth-order valence-corrected chi connectivity index (χ4v) is 4.68. The average Bonchev–Trinajstić information content (AvgIpc) is 3.17. The van der Waals surface area contributed by atoms with E-state index in [0.29, 0.717) is 41.4 Å². The Balaban J connectivity index is 1.73. The number of aliphatic hydroxyl groups is 1. The molecule has 1 saturated heterocycles. The van der Waals surface area contributed by atoms with Crippen LogP contribution in [0.2, 0.25) is 0 Å². The molecule has 8 heteroatoms. The van der Waals surface area contributed by atoms with Crippen molar-refractivity contribution in [3.63, 3.8) is 0 Å². The summed E-state index contributed by atoms with van der Waals surface area (Å²) < 4.78 is 17.1. The molecule has 1 amide bonds. The molecular formula is C29H28BrNO6. The summed E-state index contributed by atoms with van der Waals surface area (Å²) in [4.78, 5) is 28.0. The maximum Gasteiger partial charge on any atom is 0.295 e. The van der Waals surface area contributed by atoms with Gasteiger partial charge in [-0.15, -0.1) is 0 Å². The highest BCUT2D eigenvalue weighted by molar-refractivity contribution is 9.10. The van der Waals surface area contributed by atoms with Crippen LogP contribution in [-0.2, 0) is 16.0 Å². The molecule has 1 fully saturated rings. The Hall–Kier alpha value is -3.78. The van der Waals surface area contributed by atoms with E-state index in [-0.39, 0.29) is 17.9 Å². The first kappa shape index (κ1) is 26.3. The molecule has 0 saturated carbocycles. The van der Waals surface area contributed by atoms with E-state index in [1.807, 2.05) is 31.2 Å². The molecule has 3 aromatic rings. The van der Waals surface area contributed by atoms with Crippen LogP contribution in [0.15, 0.2) is 76.8 Å². The first-order valence-electron chi connectivity index (χ1n) is 11.9. The number of hydrogen-bond donors (Lipinski definition) is 1. The maximum atomic E-state index is 13.3. The van der Waals surface area contributed by atoms with Gasteiger partial charge in [-0.2, -0.15) is 0 Å². The van der Waals surface area contributed by atoms with Gasteiger partial charge < -0.3 is 24.2 Å². The summed E-state index contributed by atoms with van der Waals surface area (Å²) in [5, 5.41) is 11.2. The Morgan fingerprint density at radius 1 is 0.946 bits per heavy atom. The zero-order valence-electron chi connectivity index (χ0n) is 20.9. The van der Waals surface area contributed by atoms with Crippen molar-refractivity contribution in [1.82, 2.24) is 4.90 Å². The highest BCUT2D eigenvalue weighted by Gasteiger charge is 2.45. The fourth-order valence-electron chi connectivity index (χ4n) is 4.42. The number of Topliss-reactive ketones (excluding diaryl/α,β-unsaturated/α-hetero) is 1. The molecule has 37 heavy (non-hydrogen) atoms. The number of likely N-dealkylation sites (tertiary alicyclic amines) is 1. The predicted octanol–water partition coefficient (Wildman–Crippen LogP) is 5.53. The van der Waals surface area contributed by atoms with Crippen molar-refractivity contribution >= 4 is 33.4 Å². The first-order chi connectivity index (χ1) is 17.9. The summed E-state index contributed by atoms with van der Waals surface area (Å²) in [5.74, 6) is 0.292. The van der Waals surface area contributed by atoms with Gasteiger partial charge in [0.25, 0.3) is 11.7 Å². The van der Waals surface area contributed by atoms with E-state index in [4.69, 9.17) is 14.2 Å². The zero-order chi connectivity index (χ0) is 26.5. The molecule has 7 nitrogen and oxygen atoms in total. The van der Waals surface area contributed by atoms with Crippen LogP contribution in [0.25, 0.3) is 5.76 Å². The molecule has 0 unspecified atom stereocenters. The summed E-state index contributed by atoms with van der Waals surface area (Å²) in [5.41, 5.74) is 2.13. The third-order valence-corrected chi connectivity index (χ3v) is 6.78. The van der Waals surface area contributed by atoms with Gasteiger partial charge in [0.05, 0.1) is 32.4 Å². The average molecular weight is 566 g/mol. The molecule has 192 valence electrons. The van der Waals surface area contributed by atoms with Crippen LogP contribution >= 0.6 is 15.9 Å². The number of rotatable bonds is 9. The van der Waals surface area contributed by atoms with E-state index in [2.05, 4.69) is 15.9 Å². The number of ether oxygens (including phenoxy) is 3. The SMILES string of the molecule is CCOc1ccc([C@H]2C(=C(O)c3ccc(Br)cc3)C(=O)C(=O)N2CCc2ccc(OC)c(OC)c2)cc1. The van der Waals surface area contributed by atoms with E-state index >= 15 is 0 Å². The van der Waals surface area contributed by atoms with Crippen LogP contribution in [0.3, 0.4) is 0 Å². The Bertz CT molecular complexity index is 1320. The highest BCUT2D eigenvalue weighted by atomic mass is 79.9. The van der Waals surface area contributed by atoms with Gasteiger partial charge in [0.15, 0.2) is 11.5 Å². The summed E-state index contributed by atoms with van der Waals surface area (Å²) in [6.07, 6.45) is 0.471. The third-order valence-electron chi connectivity index (χ3n) is 6.25. The molecule has 1 atom stereocenters. The standard InChI is InChI=1S/C29H28BrNO6/c1-4-37-22-12-8-19(9-13-22)26-25(27(32)20-6-10-21(30)11-7-20)28(33)29(34)31(26)16-15-18-5-14-23(35-2)24(17-18)36-3/h5-14,17,26,32H,4,15-16H2,1-3H3/t26-/m0/s1. The second-order valence-corrected chi connectivity index (χ2v) is 9.36. The van der Waals surface area contributed by atoms with E-state index in [1.54, 1.807) is 56.7 Å².